The summed E-state index contributed by atoms with van der Waals surface area (Å²) in [5.74, 6) is -0.114. The van der Waals surface area contributed by atoms with Crippen LogP contribution in [0.25, 0.3) is 0 Å². The van der Waals surface area contributed by atoms with Crippen LogP contribution in [-0.4, -0.2) is 30.3 Å². The van der Waals surface area contributed by atoms with E-state index in [2.05, 4.69) is 15.0 Å². The van der Waals surface area contributed by atoms with Crippen molar-refractivity contribution < 1.29 is 27.4 Å². The summed E-state index contributed by atoms with van der Waals surface area (Å²) in [6, 6.07) is 7.61. The van der Waals surface area contributed by atoms with E-state index in [1.807, 2.05) is 0 Å². The Bertz CT molecular complexity index is 736. The molecule has 0 radical (unpaired) electrons. The molecule has 25 heavy (non-hydrogen) atoms. The summed E-state index contributed by atoms with van der Waals surface area (Å²) < 4.78 is 46.0. The molecule has 2 aromatic rings. The number of aryl methyl sites for hydroxylation is 1. The van der Waals surface area contributed by atoms with Crippen molar-refractivity contribution in [2.45, 2.75) is 13.1 Å². The van der Waals surface area contributed by atoms with E-state index in [0.717, 1.165) is 5.56 Å². The number of rotatable bonds is 6. The molecule has 1 aromatic heterocycles. The van der Waals surface area contributed by atoms with Gasteiger partial charge in [0.15, 0.2) is 13.2 Å². The highest BCUT2D eigenvalue weighted by atomic mass is 35.5. The fraction of sp³-hybridized carbons (Fsp3) is 0.250. The average Bonchev–Trinajstić information content (AvgIpc) is 2.52. The number of pyridine rings is 1. The molecule has 2 rings (SSSR count). The SMILES string of the molecule is Cc1cc(Cl)ccc1OCC(=O)Nc1ccc(OCC(F)(F)F)nc1. The Hall–Kier alpha value is -2.48. The minimum Gasteiger partial charge on any atom is -0.483 e. The number of benzene rings is 1. The van der Waals surface area contributed by atoms with E-state index in [1.165, 1.54) is 18.3 Å². The van der Waals surface area contributed by atoms with Crippen LogP contribution in [-0.2, 0) is 4.79 Å². The Morgan fingerprint density at radius 2 is 2.00 bits per heavy atom. The third-order valence-corrected chi connectivity index (χ3v) is 3.13. The second kappa shape index (κ2) is 8.06. The lowest BCUT2D eigenvalue weighted by molar-refractivity contribution is -0.154. The van der Waals surface area contributed by atoms with Gasteiger partial charge in [0.1, 0.15) is 5.75 Å². The molecular weight excluding hydrogens is 361 g/mol. The van der Waals surface area contributed by atoms with Crippen molar-refractivity contribution in [2.75, 3.05) is 18.5 Å². The van der Waals surface area contributed by atoms with Crippen molar-refractivity contribution in [3.8, 4) is 11.6 Å². The van der Waals surface area contributed by atoms with Crippen LogP contribution in [0.4, 0.5) is 18.9 Å². The Labute approximate surface area is 146 Å². The number of hydrogen-bond acceptors (Lipinski definition) is 4. The molecule has 0 saturated heterocycles. The number of alkyl halides is 3. The smallest absolute Gasteiger partial charge is 0.422 e. The zero-order chi connectivity index (χ0) is 18.4. The molecule has 0 saturated carbocycles. The number of aromatic nitrogens is 1. The Kier molecular flexibility index (Phi) is 6.08. The molecule has 0 fully saturated rings. The summed E-state index contributed by atoms with van der Waals surface area (Å²) in [6.07, 6.45) is -3.25. The highest BCUT2D eigenvalue weighted by Gasteiger charge is 2.28. The van der Waals surface area contributed by atoms with Gasteiger partial charge in [0.2, 0.25) is 5.88 Å². The number of carbonyl (C=O) groups excluding carboxylic acids is 1. The van der Waals surface area contributed by atoms with Gasteiger partial charge >= 0.3 is 6.18 Å². The number of halogens is 4. The molecule has 1 aromatic carbocycles. The van der Waals surface area contributed by atoms with Crippen molar-refractivity contribution in [3.63, 3.8) is 0 Å². The van der Waals surface area contributed by atoms with Gasteiger partial charge in [0.25, 0.3) is 5.91 Å². The number of hydrogen-bond donors (Lipinski definition) is 1. The third kappa shape index (κ3) is 6.50. The molecule has 1 heterocycles. The van der Waals surface area contributed by atoms with Crippen LogP contribution in [0.5, 0.6) is 11.6 Å². The third-order valence-electron chi connectivity index (χ3n) is 2.90. The van der Waals surface area contributed by atoms with Crippen LogP contribution >= 0.6 is 11.6 Å². The van der Waals surface area contributed by atoms with Crippen LogP contribution in [0.15, 0.2) is 36.5 Å². The lowest BCUT2D eigenvalue weighted by Crippen LogP contribution is -2.21. The number of nitrogens with zero attached hydrogens (tertiary/aromatic N) is 1. The van der Waals surface area contributed by atoms with Crippen LogP contribution in [0.2, 0.25) is 5.02 Å². The van der Waals surface area contributed by atoms with E-state index in [-0.39, 0.29) is 12.5 Å². The van der Waals surface area contributed by atoms with Gasteiger partial charge in [-0.25, -0.2) is 4.98 Å². The standard InChI is InChI=1S/C16H14ClF3N2O3/c1-10-6-11(17)2-4-13(10)24-8-14(23)22-12-3-5-15(21-7-12)25-9-16(18,19)20/h2-7H,8-9H2,1H3,(H,22,23). The van der Waals surface area contributed by atoms with Gasteiger partial charge in [0.05, 0.1) is 11.9 Å². The topological polar surface area (TPSA) is 60.5 Å². The van der Waals surface area contributed by atoms with E-state index in [4.69, 9.17) is 16.3 Å². The normalized spacial score (nSPS) is 11.1. The summed E-state index contributed by atoms with van der Waals surface area (Å²) in [5.41, 5.74) is 1.09. The average molecular weight is 375 g/mol. The first kappa shape index (κ1) is 18.9. The van der Waals surface area contributed by atoms with Gasteiger partial charge in [-0.2, -0.15) is 13.2 Å². The summed E-state index contributed by atoms with van der Waals surface area (Å²) in [5, 5.41) is 3.08. The van der Waals surface area contributed by atoms with Gasteiger partial charge in [-0.05, 0) is 36.8 Å². The number of anilines is 1. The van der Waals surface area contributed by atoms with Gasteiger partial charge in [0, 0.05) is 11.1 Å². The summed E-state index contributed by atoms with van der Waals surface area (Å²) in [7, 11) is 0. The minimum atomic E-state index is -4.44. The fourth-order valence-electron chi connectivity index (χ4n) is 1.81. The van der Waals surface area contributed by atoms with Crippen LogP contribution in [0.3, 0.4) is 0 Å². The Morgan fingerprint density at radius 1 is 1.24 bits per heavy atom. The van der Waals surface area contributed by atoms with Crippen molar-refractivity contribution in [3.05, 3.63) is 47.1 Å². The Balaban J connectivity index is 1.84. The Morgan fingerprint density at radius 3 is 2.60 bits per heavy atom. The van der Waals surface area contributed by atoms with E-state index in [9.17, 15) is 18.0 Å². The molecule has 1 amide bonds. The molecule has 5 nitrogen and oxygen atoms in total. The van der Waals surface area contributed by atoms with E-state index >= 15 is 0 Å². The molecule has 134 valence electrons. The van der Waals surface area contributed by atoms with Crippen LogP contribution in [0.1, 0.15) is 5.56 Å². The van der Waals surface area contributed by atoms with Gasteiger partial charge in [-0.1, -0.05) is 11.6 Å². The molecule has 0 unspecified atom stereocenters. The largest absolute Gasteiger partial charge is 0.483 e. The lowest BCUT2D eigenvalue weighted by atomic mass is 10.2. The van der Waals surface area contributed by atoms with E-state index in [0.29, 0.717) is 16.5 Å². The summed E-state index contributed by atoms with van der Waals surface area (Å²) in [6.45, 7) is 0.123. The van der Waals surface area contributed by atoms with Gasteiger partial charge in [-0.3, -0.25) is 4.79 Å². The molecule has 0 bridgehead atoms. The minimum absolute atomic E-state index is 0.191. The highest BCUT2D eigenvalue weighted by molar-refractivity contribution is 6.30. The second-order valence-corrected chi connectivity index (χ2v) is 5.47. The quantitative estimate of drug-likeness (QED) is 0.830. The lowest BCUT2D eigenvalue weighted by Gasteiger charge is -2.10. The summed E-state index contributed by atoms with van der Waals surface area (Å²) >= 11 is 5.83. The molecule has 0 atom stereocenters. The van der Waals surface area contributed by atoms with Crippen molar-refractivity contribution in [1.82, 2.24) is 4.98 Å². The van der Waals surface area contributed by atoms with Crippen LogP contribution in [0, 0.1) is 6.92 Å². The molecule has 0 aliphatic heterocycles. The van der Waals surface area contributed by atoms with Crippen molar-refractivity contribution >= 4 is 23.2 Å². The molecule has 0 aliphatic carbocycles. The first-order chi connectivity index (χ1) is 11.7. The summed E-state index contributed by atoms with van der Waals surface area (Å²) in [4.78, 5) is 15.5. The monoisotopic (exact) mass is 374 g/mol. The molecule has 0 aliphatic rings. The predicted molar refractivity (Wildman–Crippen MR) is 86.1 cm³/mol. The highest BCUT2D eigenvalue weighted by Crippen LogP contribution is 2.22. The molecular formula is C16H14ClF3N2O3. The van der Waals surface area contributed by atoms with Crippen LogP contribution < -0.4 is 14.8 Å². The van der Waals surface area contributed by atoms with Gasteiger partial charge < -0.3 is 14.8 Å². The zero-order valence-corrected chi connectivity index (χ0v) is 13.8. The number of carbonyl (C=O) groups is 1. The van der Waals surface area contributed by atoms with E-state index in [1.54, 1.807) is 25.1 Å². The first-order valence-electron chi connectivity index (χ1n) is 7.07. The second-order valence-electron chi connectivity index (χ2n) is 5.04. The number of amides is 1. The molecule has 9 heteroatoms. The van der Waals surface area contributed by atoms with Gasteiger partial charge in [-0.15, -0.1) is 0 Å². The molecule has 0 spiro atoms. The first-order valence-corrected chi connectivity index (χ1v) is 7.45. The van der Waals surface area contributed by atoms with Crippen molar-refractivity contribution in [1.29, 1.82) is 0 Å². The van der Waals surface area contributed by atoms with Crippen molar-refractivity contribution in [2.24, 2.45) is 0 Å². The maximum Gasteiger partial charge on any atom is 0.422 e. The molecule has 1 N–H and O–H groups in total. The fourth-order valence-corrected chi connectivity index (χ4v) is 2.04. The van der Waals surface area contributed by atoms with E-state index < -0.39 is 18.7 Å². The predicted octanol–water partition coefficient (Wildman–Crippen LogP) is 4.00. The number of nitrogens with one attached hydrogen (secondary N) is 1. The zero-order valence-electron chi connectivity index (χ0n) is 13.1. The number of ether oxygens (including phenoxy) is 2. The maximum atomic E-state index is 12.0. The maximum absolute atomic E-state index is 12.0.